The summed E-state index contributed by atoms with van der Waals surface area (Å²) in [6.07, 6.45) is 8.91. The Morgan fingerprint density at radius 2 is 1.93 bits per heavy atom. The monoisotopic (exact) mass is 403 g/mol. The van der Waals surface area contributed by atoms with Crippen molar-refractivity contribution < 1.29 is 4.79 Å². The van der Waals surface area contributed by atoms with Gasteiger partial charge < -0.3 is 10.6 Å². The molecule has 2 aliphatic rings. The minimum Gasteiger partial charge on any atom is -0.352 e. The van der Waals surface area contributed by atoms with Crippen LogP contribution in [0.3, 0.4) is 0 Å². The smallest absolute Gasteiger partial charge is 0.253 e. The summed E-state index contributed by atoms with van der Waals surface area (Å²) in [7, 11) is 0. The maximum absolute atomic E-state index is 12.7. The third-order valence-electron chi connectivity index (χ3n) is 5.44. The van der Waals surface area contributed by atoms with E-state index in [0.717, 1.165) is 24.9 Å². The molecule has 0 unspecified atom stereocenters. The molecular formula is C21H23Cl2N3O. The van der Waals surface area contributed by atoms with Gasteiger partial charge in [-0.05, 0) is 61.3 Å². The van der Waals surface area contributed by atoms with E-state index in [-0.39, 0.29) is 5.91 Å². The van der Waals surface area contributed by atoms with Crippen molar-refractivity contribution in [2.24, 2.45) is 5.92 Å². The van der Waals surface area contributed by atoms with E-state index in [9.17, 15) is 4.79 Å². The van der Waals surface area contributed by atoms with Gasteiger partial charge in [0, 0.05) is 12.7 Å². The lowest BCUT2D eigenvalue weighted by atomic mass is 10.0. The highest BCUT2D eigenvalue weighted by Crippen LogP contribution is 2.42. The first-order chi connectivity index (χ1) is 13.1. The van der Waals surface area contributed by atoms with E-state index in [0.29, 0.717) is 38.9 Å². The Morgan fingerprint density at radius 3 is 2.67 bits per heavy atom. The van der Waals surface area contributed by atoms with Crippen LogP contribution in [0.2, 0.25) is 10.0 Å². The molecule has 142 valence electrons. The molecule has 0 aliphatic heterocycles. The van der Waals surface area contributed by atoms with Crippen LogP contribution in [0.25, 0.3) is 0 Å². The number of carbonyl (C=O) groups is 1. The lowest BCUT2D eigenvalue weighted by Crippen LogP contribution is -2.29. The molecule has 2 aromatic rings. The van der Waals surface area contributed by atoms with Gasteiger partial charge in [0.2, 0.25) is 0 Å². The molecule has 6 heteroatoms. The lowest BCUT2D eigenvalue weighted by Gasteiger charge is -2.15. The van der Waals surface area contributed by atoms with Gasteiger partial charge in [0.05, 0.1) is 21.3 Å². The van der Waals surface area contributed by atoms with Crippen LogP contribution in [0.1, 0.15) is 60.4 Å². The van der Waals surface area contributed by atoms with Crippen LogP contribution >= 0.6 is 23.2 Å². The molecule has 1 heterocycles. The first-order valence-electron chi connectivity index (χ1n) is 9.61. The van der Waals surface area contributed by atoms with Crippen LogP contribution < -0.4 is 10.6 Å². The molecule has 2 aliphatic carbocycles. The molecule has 2 N–H and O–H groups in total. The van der Waals surface area contributed by atoms with Crippen molar-refractivity contribution in [2.45, 2.75) is 44.4 Å². The van der Waals surface area contributed by atoms with Crippen LogP contribution in [-0.2, 0) is 0 Å². The first kappa shape index (κ1) is 18.6. The van der Waals surface area contributed by atoms with Crippen LogP contribution in [0.15, 0.2) is 30.5 Å². The molecule has 1 aromatic carbocycles. The number of nitrogens with one attached hydrogen (secondary N) is 2. The molecule has 0 bridgehead atoms. The van der Waals surface area contributed by atoms with Gasteiger partial charge in [-0.3, -0.25) is 4.79 Å². The molecule has 0 saturated heterocycles. The second-order valence-corrected chi connectivity index (χ2v) is 8.30. The van der Waals surface area contributed by atoms with Crippen LogP contribution in [0.4, 0.5) is 11.5 Å². The fraction of sp³-hybridized carbons (Fsp3) is 0.429. The van der Waals surface area contributed by atoms with Crippen molar-refractivity contribution in [3.05, 3.63) is 51.6 Å². The number of anilines is 2. The number of aromatic nitrogens is 1. The number of hydrogen-bond donors (Lipinski definition) is 2. The van der Waals surface area contributed by atoms with Crippen molar-refractivity contribution in [3.8, 4) is 0 Å². The minimum absolute atomic E-state index is 0.0105. The van der Waals surface area contributed by atoms with E-state index in [1.165, 1.54) is 25.7 Å². The quantitative estimate of drug-likeness (QED) is 0.628. The van der Waals surface area contributed by atoms with Gasteiger partial charge >= 0.3 is 0 Å². The zero-order valence-corrected chi connectivity index (χ0v) is 16.6. The SMILES string of the molecule is O=C(NCC1CCCC1)c1cnc(Nc2cccc(Cl)c2Cl)cc1C1CC1. The molecule has 2 saturated carbocycles. The maximum Gasteiger partial charge on any atom is 0.253 e. The standard InChI is InChI=1S/C21H23Cl2N3O/c22-17-6-3-7-18(20(17)23)26-19-10-15(14-8-9-14)16(12-24-19)21(27)25-11-13-4-1-2-5-13/h3,6-7,10,12-14H,1-2,4-5,8-9,11H2,(H,24,26)(H,25,27). The van der Waals surface area contributed by atoms with E-state index < -0.39 is 0 Å². The summed E-state index contributed by atoms with van der Waals surface area (Å²) in [6.45, 7) is 0.765. The molecule has 0 spiro atoms. The Kier molecular flexibility index (Phi) is 5.55. The number of rotatable bonds is 6. The van der Waals surface area contributed by atoms with E-state index in [1.54, 1.807) is 12.3 Å². The van der Waals surface area contributed by atoms with E-state index in [2.05, 4.69) is 15.6 Å². The topological polar surface area (TPSA) is 54.0 Å². The van der Waals surface area contributed by atoms with Gasteiger partial charge in [0.25, 0.3) is 5.91 Å². The first-order valence-corrected chi connectivity index (χ1v) is 10.4. The highest BCUT2D eigenvalue weighted by atomic mass is 35.5. The summed E-state index contributed by atoms with van der Waals surface area (Å²) < 4.78 is 0. The summed E-state index contributed by atoms with van der Waals surface area (Å²) in [4.78, 5) is 17.2. The van der Waals surface area contributed by atoms with Crippen molar-refractivity contribution >= 4 is 40.6 Å². The average molecular weight is 404 g/mol. The van der Waals surface area contributed by atoms with Gasteiger partial charge in [-0.15, -0.1) is 0 Å². The molecule has 27 heavy (non-hydrogen) atoms. The lowest BCUT2D eigenvalue weighted by molar-refractivity contribution is 0.0946. The number of benzene rings is 1. The molecule has 1 aromatic heterocycles. The molecule has 1 amide bonds. The Balaban J connectivity index is 1.51. The van der Waals surface area contributed by atoms with Crippen molar-refractivity contribution in [1.29, 1.82) is 0 Å². The normalized spacial score (nSPS) is 17.1. The van der Waals surface area contributed by atoms with Gasteiger partial charge in [0.15, 0.2) is 0 Å². The summed E-state index contributed by atoms with van der Waals surface area (Å²) >= 11 is 12.3. The fourth-order valence-corrected chi connectivity index (χ4v) is 4.09. The predicted octanol–water partition coefficient (Wildman–Crippen LogP) is 5.93. The van der Waals surface area contributed by atoms with Crippen LogP contribution in [0.5, 0.6) is 0 Å². The molecule has 4 rings (SSSR count). The largest absolute Gasteiger partial charge is 0.352 e. The second-order valence-electron chi connectivity index (χ2n) is 7.52. The Labute approximate surface area is 169 Å². The van der Waals surface area contributed by atoms with Crippen molar-refractivity contribution in [3.63, 3.8) is 0 Å². The maximum atomic E-state index is 12.7. The van der Waals surface area contributed by atoms with E-state index in [1.807, 2.05) is 18.2 Å². The summed E-state index contributed by atoms with van der Waals surface area (Å²) in [5, 5.41) is 7.29. The fourth-order valence-electron chi connectivity index (χ4n) is 3.75. The Bertz CT molecular complexity index is 845. The molecule has 0 atom stereocenters. The van der Waals surface area contributed by atoms with E-state index >= 15 is 0 Å². The van der Waals surface area contributed by atoms with Crippen LogP contribution in [-0.4, -0.2) is 17.4 Å². The number of carbonyl (C=O) groups excluding carboxylic acids is 1. The number of hydrogen-bond acceptors (Lipinski definition) is 3. The Morgan fingerprint density at radius 1 is 1.15 bits per heavy atom. The zero-order valence-electron chi connectivity index (χ0n) is 15.1. The van der Waals surface area contributed by atoms with Crippen LogP contribution in [0, 0.1) is 5.92 Å². The number of nitrogens with zero attached hydrogens (tertiary/aromatic N) is 1. The average Bonchev–Trinajstić information content (AvgIpc) is 3.39. The summed E-state index contributed by atoms with van der Waals surface area (Å²) in [6, 6.07) is 7.41. The highest BCUT2D eigenvalue weighted by Gasteiger charge is 2.29. The predicted molar refractivity (Wildman–Crippen MR) is 110 cm³/mol. The van der Waals surface area contributed by atoms with Gasteiger partial charge in [-0.1, -0.05) is 42.1 Å². The molecule has 0 radical (unpaired) electrons. The third-order valence-corrected chi connectivity index (χ3v) is 6.26. The number of amides is 1. The number of halogens is 2. The summed E-state index contributed by atoms with van der Waals surface area (Å²) in [5.41, 5.74) is 2.46. The minimum atomic E-state index is -0.0105. The Hall–Kier alpha value is -1.78. The number of pyridine rings is 1. The second kappa shape index (κ2) is 8.07. The molecular weight excluding hydrogens is 381 g/mol. The zero-order chi connectivity index (χ0) is 18.8. The molecule has 2 fully saturated rings. The molecule has 4 nitrogen and oxygen atoms in total. The third kappa shape index (κ3) is 4.39. The van der Waals surface area contributed by atoms with Crippen molar-refractivity contribution in [2.75, 3.05) is 11.9 Å². The summed E-state index contributed by atoms with van der Waals surface area (Å²) in [5.74, 6) is 1.73. The van der Waals surface area contributed by atoms with E-state index in [4.69, 9.17) is 23.2 Å². The van der Waals surface area contributed by atoms with Gasteiger partial charge in [-0.25, -0.2) is 4.98 Å². The van der Waals surface area contributed by atoms with Gasteiger partial charge in [-0.2, -0.15) is 0 Å². The highest BCUT2D eigenvalue weighted by molar-refractivity contribution is 6.43. The van der Waals surface area contributed by atoms with Crippen molar-refractivity contribution in [1.82, 2.24) is 10.3 Å². The van der Waals surface area contributed by atoms with Gasteiger partial charge in [0.1, 0.15) is 5.82 Å².